The van der Waals surface area contributed by atoms with Crippen molar-refractivity contribution in [2.45, 2.75) is 38.5 Å². The second-order valence-corrected chi connectivity index (χ2v) is 8.00. The Hall–Kier alpha value is -2.71. The first-order valence-electron chi connectivity index (χ1n) is 9.50. The maximum Gasteiger partial charge on any atom is 0.268 e. The first-order valence-corrected chi connectivity index (χ1v) is 10.3. The average molecular weight is 476 g/mol. The number of nitrogens with zero attached hydrogens (tertiary/aromatic N) is 2. The zero-order valence-corrected chi connectivity index (χ0v) is 18.0. The van der Waals surface area contributed by atoms with E-state index in [1.165, 1.54) is 24.7 Å². The largest absolute Gasteiger partial charge is 0.489 e. The fraction of sp³-hybridized carbons (Fsp3) is 0.273. The van der Waals surface area contributed by atoms with Crippen molar-refractivity contribution in [2.75, 3.05) is 0 Å². The van der Waals surface area contributed by atoms with Gasteiger partial charge < -0.3 is 20.1 Å². The van der Waals surface area contributed by atoms with Crippen molar-refractivity contribution in [3.8, 4) is 5.75 Å². The summed E-state index contributed by atoms with van der Waals surface area (Å²) in [4.78, 5) is 15.3. The van der Waals surface area contributed by atoms with Crippen molar-refractivity contribution >= 4 is 21.8 Å². The Kier molecular flexibility index (Phi) is 7.23. The molecule has 0 aliphatic carbocycles. The van der Waals surface area contributed by atoms with Gasteiger partial charge in [0.25, 0.3) is 5.91 Å². The number of carbonyl (C=O) groups is 1. The van der Waals surface area contributed by atoms with Gasteiger partial charge in [0.1, 0.15) is 23.9 Å². The minimum Gasteiger partial charge on any atom is -0.489 e. The number of primary amides is 1. The Morgan fingerprint density at radius 1 is 1.30 bits per heavy atom. The first kappa shape index (κ1) is 22.0. The molecule has 30 heavy (non-hydrogen) atoms. The van der Waals surface area contributed by atoms with E-state index in [0.717, 1.165) is 15.6 Å². The van der Waals surface area contributed by atoms with Crippen LogP contribution in [0.3, 0.4) is 0 Å². The third kappa shape index (κ3) is 5.67. The summed E-state index contributed by atoms with van der Waals surface area (Å²) in [5.74, 6) is -0.539. The number of amides is 1. The van der Waals surface area contributed by atoms with Crippen molar-refractivity contribution in [2.24, 2.45) is 5.73 Å². The summed E-state index contributed by atoms with van der Waals surface area (Å²) in [5, 5.41) is 10.2. The third-order valence-electron chi connectivity index (χ3n) is 4.84. The highest BCUT2D eigenvalue weighted by Crippen LogP contribution is 2.27. The molecule has 1 amide bonds. The minimum atomic E-state index is -0.687. The number of imidazole rings is 1. The van der Waals surface area contributed by atoms with Crippen LogP contribution >= 0.6 is 15.9 Å². The molecule has 0 bridgehead atoms. The molecule has 0 saturated carbocycles. The molecule has 158 valence electrons. The van der Waals surface area contributed by atoms with Crippen molar-refractivity contribution in [3.05, 3.63) is 82.1 Å². The molecule has 0 saturated heterocycles. The van der Waals surface area contributed by atoms with Crippen LogP contribution in [0.2, 0.25) is 0 Å². The summed E-state index contributed by atoms with van der Waals surface area (Å²) in [5.41, 5.74) is 7.19. The van der Waals surface area contributed by atoms with E-state index < -0.39 is 12.0 Å². The number of hydrogen-bond donors (Lipinski definition) is 2. The second kappa shape index (κ2) is 9.86. The number of carbonyl (C=O) groups excluding carboxylic acids is 1. The highest BCUT2D eigenvalue weighted by molar-refractivity contribution is 9.10. The summed E-state index contributed by atoms with van der Waals surface area (Å²) in [7, 11) is 0. The van der Waals surface area contributed by atoms with Crippen LogP contribution in [0.1, 0.15) is 41.0 Å². The van der Waals surface area contributed by atoms with Crippen molar-refractivity contribution < 1.29 is 19.0 Å². The molecular weight excluding hydrogens is 453 g/mol. The lowest BCUT2D eigenvalue weighted by Gasteiger charge is -2.22. The Balaban J connectivity index is 1.72. The second-order valence-electron chi connectivity index (χ2n) is 7.08. The number of ether oxygens (including phenoxy) is 1. The van der Waals surface area contributed by atoms with Crippen LogP contribution in [0.15, 0.2) is 59.5 Å². The number of benzene rings is 2. The number of aromatic nitrogens is 2. The molecule has 3 aromatic rings. The lowest BCUT2D eigenvalue weighted by atomic mass is 10.0. The van der Waals surface area contributed by atoms with E-state index in [4.69, 9.17) is 10.5 Å². The minimum absolute atomic E-state index is 0.140. The van der Waals surface area contributed by atoms with E-state index in [1.807, 2.05) is 24.3 Å². The third-order valence-corrected chi connectivity index (χ3v) is 5.37. The zero-order valence-electron chi connectivity index (χ0n) is 16.5. The standard InChI is InChI=1S/C22H23BrFN3O3/c1-14(28)20(27-11-19(22(25)29)26-13-27)9-5-16-4-8-18(24)10-21(16)30-12-15-2-6-17(23)7-3-15/h2-4,6-8,10-11,13-14,20,28H,5,9,12H2,1H3,(H2,25,29). The molecule has 0 spiro atoms. The topological polar surface area (TPSA) is 90.4 Å². The number of nitrogens with two attached hydrogens (primary N) is 1. The van der Waals surface area contributed by atoms with Gasteiger partial charge in [0.15, 0.2) is 0 Å². The molecule has 2 unspecified atom stereocenters. The Morgan fingerprint density at radius 3 is 2.67 bits per heavy atom. The van der Waals surface area contributed by atoms with Crippen molar-refractivity contribution in [1.29, 1.82) is 0 Å². The zero-order chi connectivity index (χ0) is 21.7. The molecule has 3 N–H and O–H groups in total. The summed E-state index contributed by atoms with van der Waals surface area (Å²) < 4.78 is 22.3. The van der Waals surface area contributed by atoms with Gasteiger partial charge in [0, 0.05) is 16.7 Å². The van der Waals surface area contributed by atoms with Crippen molar-refractivity contribution in [3.63, 3.8) is 0 Å². The molecule has 0 fully saturated rings. The Bertz CT molecular complexity index is 1010. The number of rotatable bonds is 9. The molecule has 0 radical (unpaired) electrons. The predicted molar refractivity (Wildman–Crippen MR) is 115 cm³/mol. The maximum absolute atomic E-state index is 13.8. The van der Waals surface area contributed by atoms with Crippen molar-refractivity contribution in [1.82, 2.24) is 9.55 Å². The Labute approximate surface area is 182 Å². The normalized spacial score (nSPS) is 13.1. The molecule has 0 aliphatic rings. The van der Waals surface area contributed by atoms with Crippen LogP contribution in [0.25, 0.3) is 0 Å². The van der Waals surface area contributed by atoms with Gasteiger partial charge in [0.2, 0.25) is 0 Å². The lowest BCUT2D eigenvalue weighted by Crippen LogP contribution is -2.21. The highest BCUT2D eigenvalue weighted by Gasteiger charge is 2.19. The van der Waals surface area contributed by atoms with Gasteiger partial charge in [-0.3, -0.25) is 4.79 Å². The van der Waals surface area contributed by atoms with Gasteiger partial charge in [-0.05, 0) is 49.1 Å². The van der Waals surface area contributed by atoms with Gasteiger partial charge in [-0.25, -0.2) is 9.37 Å². The number of halogens is 2. The van der Waals surface area contributed by atoms with Gasteiger partial charge in [-0.2, -0.15) is 0 Å². The number of aryl methyl sites for hydroxylation is 1. The quantitative estimate of drug-likeness (QED) is 0.488. The van der Waals surface area contributed by atoms with Crippen LogP contribution in [0.5, 0.6) is 5.75 Å². The van der Waals surface area contributed by atoms with Gasteiger partial charge >= 0.3 is 0 Å². The number of hydrogen-bond acceptors (Lipinski definition) is 4. The van der Waals surface area contributed by atoms with Crippen LogP contribution in [0.4, 0.5) is 4.39 Å². The molecule has 1 heterocycles. The molecule has 2 aromatic carbocycles. The van der Waals surface area contributed by atoms with Crippen LogP contribution < -0.4 is 10.5 Å². The smallest absolute Gasteiger partial charge is 0.268 e. The monoisotopic (exact) mass is 475 g/mol. The molecule has 3 rings (SSSR count). The van der Waals surface area contributed by atoms with E-state index in [-0.39, 0.29) is 17.6 Å². The summed E-state index contributed by atoms with van der Waals surface area (Å²) >= 11 is 3.39. The maximum atomic E-state index is 13.8. The molecule has 1 aromatic heterocycles. The van der Waals surface area contributed by atoms with E-state index in [2.05, 4.69) is 20.9 Å². The van der Waals surface area contributed by atoms with E-state index in [9.17, 15) is 14.3 Å². The van der Waals surface area contributed by atoms with Gasteiger partial charge in [-0.15, -0.1) is 0 Å². The first-order chi connectivity index (χ1) is 14.3. The summed E-state index contributed by atoms with van der Waals surface area (Å²) in [6, 6.07) is 11.8. The summed E-state index contributed by atoms with van der Waals surface area (Å²) in [6.07, 6.45) is 3.39. The molecular formula is C22H23BrFN3O3. The van der Waals surface area contributed by atoms with E-state index in [1.54, 1.807) is 17.6 Å². The van der Waals surface area contributed by atoms with Crippen LogP contribution in [-0.2, 0) is 13.0 Å². The molecule has 8 heteroatoms. The predicted octanol–water partition coefficient (Wildman–Crippen LogP) is 4.02. The molecule has 6 nitrogen and oxygen atoms in total. The van der Waals surface area contributed by atoms with E-state index in [0.29, 0.717) is 25.2 Å². The van der Waals surface area contributed by atoms with Gasteiger partial charge in [0.05, 0.1) is 18.5 Å². The number of aliphatic hydroxyl groups excluding tert-OH is 1. The lowest BCUT2D eigenvalue weighted by molar-refractivity contribution is 0.0994. The number of aliphatic hydroxyl groups is 1. The average Bonchev–Trinajstić information content (AvgIpc) is 3.19. The van der Waals surface area contributed by atoms with Crippen LogP contribution in [0, 0.1) is 5.82 Å². The SMILES string of the molecule is CC(O)C(CCc1ccc(F)cc1OCc1ccc(Br)cc1)n1cnc(C(N)=O)c1. The van der Waals surface area contributed by atoms with Gasteiger partial charge in [-0.1, -0.05) is 34.1 Å². The fourth-order valence-corrected chi connectivity index (χ4v) is 3.46. The summed E-state index contributed by atoms with van der Waals surface area (Å²) in [6.45, 7) is 1.98. The Morgan fingerprint density at radius 2 is 2.03 bits per heavy atom. The molecule has 0 aliphatic heterocycles. The highest BCUT2D eigenvalue weighted by atomic mass is 79.9. The van der Waals surface area contributed by atoms with Crippen LogP contribution in [-0.4, -0.2) is 26.7 Å². The fourth-order valence-electron chi connectivity index (χ4n) is 3.20. The molecule has 2 atom stereocenters. The van der Waals surface area contributed by atoms with E-state index >= 15 is 0 Å².